The van der Waals surface area contributed by atoms with E-state index in [1.54, 1.807) is 6.92 Å². The summed E-state index contributed by atoms with van der Waals surface area (Å²) in [4.78, 5) is 10.4. The molecule has 0 bridgehead atoms. The van der Waals surface area contributed by atoms with Crippen molar-refractivity contribution in [3.05, 3.63) is 0 Å². The first-order chi connectivity index (χ1) is 4.96. The third-order valence-electron chi connectivity index (χ3n) is 2.43. The number of hydrogen-bond acceptors (Lipinski definition) is 3. The van der Waals surface area contributed by atoms with Gasteiger partial charge >= 0.3 is 5.97 Å². The van der Waals surface area contributed by atoms with Crippen molar-refractivity contribution in [3.63, 3.8) is 0 Å². The highest BCUT2D eigenvalue weighted by Crippen LogP contribution is 2.38. The van der Waals surface area contributed by atoms with Gasteiger partial charge in [0.1, 0.15) is 0 Å². The molecule has 4 heteroatoms. The van der Waals surface area contributed by atoms with Crippen LogP contribution in [-0.4, -0.2) is 27.8 Å². The fourth-order valence-corrected chi connectivity index (χ4v) is 1.37. The van der Waals surface area contributed by atoms with Crippen molar-refractivity contribution in [2.75, 3.05) is 0 Å². The van der Waals surface area contributed by atoms with Crippen molar-refractivity contribution in [3.8, 4) is 0 Å². The van der Waals surface area contributed by atoms with E-state index in [1.165, 1.54) is 0 Å². The van der Waals surface area contributed by atoms with E-state index in [-0.39, 0.29) is 5.92 Å². The van der Waals surface area contributed by atoms with Crippen LogP contribution in [0.1, 0.15) is 19.8 Å². The molecular weight excluding hydrogens is 146 g/mol. The van der Waals surface area contributed by atoms with Gasteiger partial charge in [0.25, 0.3) is 0 Å². The Hall–Kier alpha value is -0.610. The number of carboxylic acids is 1. The van der Waals surface area contributed by atoms with Gasteiger partial charge in [-0.3, -0.25) is 4.79 Å². The minimum Gasteiger partial charge on any atom is -0.481 e. The van der Waals surface area contributed by atoms with E-state index in [9.17, 15) is 4.79 Å². The van der Waals surface area contributed by atoms with E-state index in [2.05, 4.69) is 0 Å². The van der Waals surface area contributed by atoms with Crippen LogP contribution in [0.15, 0.2) is 0 Å². The molecule has 11 heavy (non-hydrogen) atoms. The molecule has 0 aliphatic heterocycles. The molecule has 0 saturated heterocycles. The summed E-state index contributed by atoms with van der Waals surface area (Å²) in [5.41, 5.74) is 5.01. The van der Waals surface area contributed by atoms with Crippen LogP contribution in [0, 0.1) is 5.92 Å². The maximum absolute atomic E-state index is 10.4. The summed E-state index contributed by atoms with van der Waals surface area (Å²) in [7, 11) is 0. The summed E-state index contributed by atoms with van der Waals surface area (Å²) < 4.78 is 0. The van der Waals surface area contributed by atoms with Crippen LogP contribution in [0.4, 0.5) is 0 Å². The van der Waals surface area contributed by atoms with Gasteiger partial charge in [-0.2, -0.15) is 0 Å². The molecule has 1 fully saturated rings. The van der Waals surface area contributed by atoms with E-state index in [0.29, 0.717) is 12.8 Å². The van der Waals surface area contributed by atoms with E-state index >= 15 is 0 Å². The van der Waals surface area contributed by atoms with Gasteiger partial charge in [-0.05, 0) is 19.8 Å². The number of hydrogen-bond donors (Lipinski definition) is 3. The summed E-state index contributed by atoms with van der Waals surface area (Å²) in [6.45, 7) is 1.60. The molecule has 1 aliphatic carbocycles. The van der Waals surface area contributed by atoms with Crippen LogP contribution in [-0.2, 0) is 4.79 Å². The van der Waals surface area contributed by atoms with Gasteiger partial charge in [0, 0.05) is 5.54 Å². The van der Waals surface area contributed by atoms with Gasteiger partial charge in [0.2, 0.25) is 0 Å². The number of nitrogens with two attached hydrogens (primary N) is 1. The smallest absolute Gasteiger partial charge is 0.306 e. The maximum Gasteiger partial charge on any atom is 0.306 e. The molecule has 64 valence electrons. The van der Waals surface area contributed by atoms with E-state index in [1.807, 2.05) is 0 Å². The van der Waals surface area contributed by atoms with Crippen LogP contribution < -0.4 is 5.73 Å². The van der Waals surface area contributed by atoms with Gasteiger partial charge in [-0.1, -0.05) is 0 Å². The van der Waals surface area contributed by atoms with E-state index in [4.69, 9.17) is 15.9 Å². The first-order valence-corrected chi connectivity index (χ1v) is 3.65. The van der Waals surface area contributed by atoms with Crippen LogP contribution in [0.5, 0.6) is 0 Å². The average Bonchev–Trinajstić information content (AvgIpc) is 1.79. The predicted molar refractivity (Wildman–Crippen MR) is 39.0 cm³/mol. The summed E-state index contributed by atoms with van der Waals surface area (Å²) in [5, 5.41) is 17.6. The Morgan fingerprint density at radius 3 is 2.45 bits per heavy atom. The topological polar surface area (TPSA) is 83.5 Å². The molecule has 1 aliphatic rings. The molecule has 0 spiro atoms. The molecule has 1 atom stereocenters. The van der Waals surface area contributed by atoms with E-state index < -0.39 is 17.6 Å². The van der Waals surface area contributed by atoms with Crippen molar-refractivity contribution < 1.29 is 15.0 Å². The largest absolute Gasteiger partial charge is 0.481 e. The Labute approximate surface area is 65.0 Å². The number of aliphatic hydroxyl groups excluding tert-OH is 1. The maximum atomic E-state index is 10.4. The van der Waals surface area contributed by atoms with Gasteiger partial charge in [-0.15, -0.1) is 0 Å². The average molecular weight is 159 g/mol. The Morgan fingerprint density at radius 2 is 2.18 bits per heavy atom. The third-order valence-corrected chi connectivity index (χ3v) is 2.43. The SMILES string of the molecule is CC(O)C1(N)CC(C(=O)O)C1. The molecule has 1 unspecified atom stereocenters. The number of aliphatic hydroxyl groups is 1. The number of aliphatic carboxylic acids is 1. The first kappa shape index (κ1) is 8.49. The lowest BCUT2D eigenvalue weighted by molar-refractivity contribution is -0.149. The fraction of sp³-hybridized carbons (Fsp3) is 0.857. The second kappa shape index (κ2) is 2.46. The molecule has 0 aromatic carbocycles. The lowest BCUT2D eigenvalue weighted by Crippen LogP contribution is -2.60. The first-order valence-electron chi connectivity index (χ1n) is 3.65. The molecule has 0 radical (unpaired) electrons. The summed E-state index contributed by atoms with van der Waals surface area (Å²) >= 11 is 0. The zero-order chi connectivity index (χ0) is 8.65. The number of rotatable bonds is 2. The molecule has 0 aromatic rings. The molecule has 0 amide bonds. The van der Waals surface area contributed by atoms with E-state index in [0.717, 1.165) is 0 Å². The van der Waals surface area contributed by atoms with Crippen molar-refractivity contribution in [1.29, 1.82) is 0 Å². The van der Waals surface area contributed by atoms with Crippen molar-refractivity contribution in [1.82, 2.24) is 0 Å². The van der Waals surface area contributed by atoms with Crippen LogP contribution in [0.3, 0.4) is 0 Å². The third kappa shape index (κ3) is 1.36. The monoisotopic (exact) mass is 159 g/mol. The normalized spacial score (nSPS) is 39.4. The molecule has 4 nitrogen and oxygen atoms in total. The minimum atomic E-state index is -0.813. The Bertz CT molecular complexity index is 173. The number of carbonyl (C=O) groups is 1. The zero-order valence-corrected chi connectivity index (χ0v) is 6.45. The second-order valence-electron chi connectivity index (χ2n) is 3.35. The van der Waals surface area contributed by atoms with Gasteiger partial charge in [0.15, 0.2) is 0 Å². The van der Waals surface area contributed by atoms with Gasteiger partial charge < -0.3 is 15.9 Å². The zero-order valence-electron chi connectivity index (χ0n) is 6.45. The van der Waals surface area contributed by atoms with Crippen LogP contribution in [0.2, 0.25) is 0 Å². The molecule has 4 N–H and O–H groups in total. The summed E-state index contributed by atoms with van der Waals surface area (Å²) in [5.74, 6) is -1.17. The van der Waals surface area contributed by atoms with Gasteiger partial charge in [-0.25, -0.2) is 0 Å². The molecule has 0 heterocycles. The second-order valence-corrected chi connectivity index (χ2v) is 3.35. The molecular formula is C7H13NO3. The Balaban J connectivity index is 2.44. The lowest BCUT2D eigenvalue weighted by atomic mass is 9.66. The lowest BCUT2D eigenvalue weighted by Gasteiger charge is -2.44. The molecule has 1 saturated carbocycles. The van der Waals surface area contributed by atoms with Crippen molar-refractivity contribution in [2.24, 2.45) is 11.7 Å². The minimum absolute atomic E-state index is 0.352. The predicted octanol–water partition coefficient (Wildman–Crippen LogP) is -0.441. The Morgan fingerprint density at radius 1 is 1.73 bits per heavy atom. The highest BCUT2D eigenvalue weighted by Gasteiger charge is 2.47. The van der Waals surface area contributed by atoms with Gasteiger partial charge in [0.05, 0.1) is 12.0 Å². The van der Waals surface area contributed by atoms with Crippen molar-refractivity contribution >= 4 is 5.97 Å². The van der Waals surface area contributed by atoms with Crippen LogP contribution >= 0.6 is 0 Å². The van der Waals surface area contributed by atoms with Crippen LogP contribution in [0.25, 0.3) is 0 Å². The summed E-state index contributed by atoms with van der Waals surface area (Å²) in [6.07, 6.45) is 0.165. The molecule has 0 aromatic heterocycles. The molecule has 1 rings (SSSR count). The Kier molecular flexibility index (Phi) is 1.90. The standard InChI is InChI=1S/C7H13NO3/c1-4(9)7(8)2-5(3-7)6(10)11/h4-5,9H,2-3,8H2,1H3,(H,10,11). The fourth-order valence-electron chi connectivity index (χ4n) is 1.37. The summed E-state index contributed by atoms with van der Waals surface area (Å²) in [6, 6.07) is 0. The highest BCUT2D eigenvalue weighted by atomic mass is 16.4. The van der Waals surface area contributed by atoms with Crippen molar-refractivity contribution in [2.45, 2.75) is 31.4 Å². The quantitative estimate of drug-likeness (QED) is 0.510. The number of carboxylic acid groups (broad SMARTS) is 1. The highest BCUT2D eigenvalue weighted by molar-refractivity contribution is 5.71.